The molecule has 31 heavy (non-hydrogen) atoms. The van der Waals surface area contributed by atoms with Gasteiger partial charge in [-0.25, -0.2) is 4.98 Å². The number of halogens is 1. The van der Waals surface area contributed by atoms with Gasteiger partial charge in [0.05, 0.1) is 6.04 Å². The third kappa shape index (κ3) is 7.03. The molecule has 3 N–H and O–H groups in total. The molecule has 1 atom stereocenters. The zero-order valence-corrected chi connectivity index (χ0v) is 20.7. The lowest BCUT2D eigenvalue weighted by molar-refractivity contribution is 0.219. The van der Waals surface area contributed by atoms with Crippen molar-refractivity contribution in [2.75, 3.05) is 26.7 Å². The molecule has 0 spiro atoms. The topological polar surface area (TPSA) is 81.2 Å². The summed E-state index contributed by atoms with van der Waals surface area (Å²) >= 11 is 0. The van der Waals surface area contributed by atoms with Gasteiger partial charge in [0, 0.05) is 25.7 Å². The second-order valence-electron chi connectivity index (χ2n) is 6.99. The van der Waals surface area contributed by atoms with E-state index in [1.54, 1.807) is 7.05 Å². The first-order valence-corrected chi connectivity index (χ1v) is 10.4. The predicted molar refractivity (Wildman–Crippen MR) is 138 cm³/mol. The first-order valence-electron chi connectivity index (χ1n) is 10.4. The van der Waals surface area contributed by atoms with E-state index in [4.69, 9.17) is 0 Å². The highest BCUT2D eigenvalue weighted by atomic mass is 127. The zero-order valence-electron chi connectivity index (χ0n) is 18.4. The molecule has 0 aliphatic carbocycles. The van der Waals surface area contributed by atoms with Crippen LogP contribution in [0.15, 0.2) is 65.9 Å². The molecule has 3 rings (SSSR count). The molecule has 0 amide bonds. The maximum atomic E-state index is 4.40. The average Bonchev–Trinajstić information content (AvgIpc) is 3.34. The van der Waals surface area contributed by atoms with Crippen LogP contribution in [0, 0.1) is 0 Å². The van der Waals surface area contributed by atoms with Crippen LogP contribution >= 0.6 is 24.0 Å². The summed E-state index contributed by atoms with van der Waals surface area (Å²) < 4.78 is 0. The molecule has 0 fully saturated rings. The first-order chi connectivity index (χ1) is 14.7. The van der Waals surface area contributed by atoms with E-state index in [0.29, 0.717) is 6.54 Å². The van der Waals surface area contributed by atoms with Crippen molar-refractivity contribution in [1.82, 2.24) is 30.7 Å². The molecule has 166 valence electrons. The van der Waals surface area contributed by atoms with Crippen molar-refractivity contribution < 1.29 is 0 Å². The lowest BCUT2D eigenvalue weighted by Crippen LogP contribution is -2.43. The van der Waals surface area contributed by atoms with E-state index < -0.39 is 0 Å². The van der Waals surface area contributed by atoms with Gasteiger partial charge in [-0.05, 0) is 30.3 Å². The Morgan fingerprint density at radius 2 is 1.84 bits per heavy atom. The van der Waals surface area contributed by atoms with Gasteiger partial charge in [0.15, 0.2) is 11.8 Å². The molecule has 0 aliphatic heterocycles. The molecular formula is C23H32IN7. The molecule has 1 heterocycles. The fourth-order valence-corrected chi connectivity index (χ4v) is 3.57. The van der Waals surface area contributed by atoms with Gasteiger partial charge in [-0.2, -0.15) is 5.10 Å². The van der Waals surface area contributed by atoms with Gasteiger partial charge in [0.25, 0.3) is 0 Å². The van der Waals surface area contributed by atoms with Gasteiger partial charge in [0.1, 0.15) is 6.33 Å². The van der Waals surface area contributed by atoms with Gasteiger partial charge in [-0.1, -0.05) is 62.4 Å². The van der Waals surface area contributed by atoms with Crippen LogP contribution in [0.4, 0.5) is 0 Å². The molecule has 8 heteroatoms. The van der Waals surface area contributed by atoms with Crippen molar-refractivity contribution in [1.29, 1.82) is 0 Å². The molecule has 0 bridgehead atoms. The van der Waals surface area contributed by atoms with Crippen molar-refractivity contribution in [2.24, 2.45) is 4.99 Å². The predicted octanol–water partition coefficient (Wildman–Crippen LogP) is 3.84. The Labute approximate surface area is 201 Å². The summed E-state index contributed by atoms with van der Waals surface area (Å²) in [5.41, 5.74) is 3.47. The molecule has 1 unspecified atom stereocenters. The smallest absolute Gasteiger partial charge is 0.191 e. The summed E-state index contributed by atoms with van der Waals surface area (Å²) in [7, 11) is 1.80. The summed E-state index contributed by atoms with van der Waals surface area (Å²) in [5, 5.41) is 13.7. The number of nitrogens with zero attached hydrogens (tertiary/aromatic N) is 4. The van der Waals surface area contributed by atoms with Crippen LogP contribution in [0.2, 0.25) is 0 Å². The van der Waals surface area contributed by atoms with Crippen LogP contribution in [0.1, 0.15) is 31.0 Å². The number of benzene rings is 2. The number of nitrogens with one attached hydrogen (secondary N) is 3. The summed E-state index contributed by atoms with van der Waals surface area (Å²) in [4.78, 5) is 11.1. The van der Waals surface area contributed by atoms with Crippen molar-refractivity contribution in [3.8, 4) is 11.4 Å². The van der Waals surface area contributed by atoms with Gasteiger partial charge in [-0.15, -0.1) is 24.0 Å². The third-order valence-electron chi connectivity index (χ3n) is 5.20. The van der Waals surface area contributed by atoms with Crippen molar-refractivity contribution >= 4 is 29.9 Å². The van der Waals surface area contributed by atoms with Crippen LogP contribution in [0.5, 0.6) is 0 Å². The minimum absolute atomic E-state index is 0. The lowest BCUT2D eigenvalue weighted by atomic mass is 10.1. The third-order valence-corrected chi connectivity index (χ3v) is 5.20. The van der Waals surface area contributed by atoms with Crippen molar-refractivity contribution in [3.05, 3.63) is 72.1 Å². The Bertz CT molecular complexity index is 909. The minimum atomic E-state index is 0. The maximum absolute atomic E-state index is 4.40. The number of likely N-dealkylation sites (N-methyl/N-ethyl adjacent to an activating group) is 1. The van der Waals surface area contributed by atoms with Gasteiger partial charge in [-0.3, -0.25) is 15.0 Å². The summed E-state index contributed by atoms with van der Waals surface area (Å²) in [5.74, 6) is 1.55. The quantitative estimate of drug-likeness (QED) is 0.221. The molecule has 2 aromatic carbocycles. The van der Waals surface area contributed by atoms with E-state index in [-0.39, 0.29) is 30.0 Å². The second-order valence-corrected chi connectivity index (χ2v) is 6.99. The fraction of sp³-hybridized carbons (Fsp3) is 0.348. The SMILES string of the molecule is CCN(CC)C(CNC(=NC)NCc1cccc(-c2ncn[nH]2)c1)c1ccccc1.I. The number of aromatic nitrogens is 3. The largest absolute Gasteiger partial charge is 0.354 e. The Kier molecular flexibility index (Phi) is 10.5. The molecule has 1 aromatic heterocycles. The first kappa shape index (κ1) is 24.8. The van der Waals surface area contributed by atoms with Gasteiger partial charge < -0.3 is 10.6 Å². The van der Waals surface area contributed by atoms with Gasteiger partial charge in [0.2, 0.25) is 0 Å². The molecule has 0 aliphatic rings. The number of hydrogen-bond acceptors (Lipinski definition) is 4. The normalized spacial score (nSPS) is 12.3. The van der Waals surface area contributed by atoms with Crippen LogP contribution in [-0.4, -0.2) is 52.7 Å². The molecular weight excluding hydrogens is 501 g/mol. The molecule has 0 saturated carbocycles. The van der Waals surface area contributed by atoms with Gasteiger partial charge >= 0.3 is 0 Å². The van der Waals surface area contributed by atoms with Crippen LogP contribution in [-0.2, 0) is 6.54 Å². The van der Waals surface area contributed by atoms with Crippen molar-refractivity contribution in [3.63, 3.8) is 0 Å². The van der Waals surface area contributed by atoms with Crippen LogP contribution in [0.25, 0.3) is 11.4 Å². The number of aliphatic imine (C=N–C) groups is 1. The maximum Gasteiger partial charge on any atom is 0.191 e. The highest BCUT2D eigenvalue weighted by Gasteiger charge is 2.18. The molecule has 0 radical (unpaired) electrons. The number of hydrogen-bond donors (Lipinski definition) is 3. The highest BCUT2D eigenvalue weighted by molar-refractivity contribution is 14.0. The van der Waals surface area contributed by atoms with Crippen LogP contribution in [0.3, 0.4) is 0 Å². The molecule has 7 nitrogen and oxygen atoms in total. The Hall–Kier alpha value is -2.46. The lowest BCUT2D eigenvalue weighted by Gasteiger charge is -2.30. The van der Waals surface area contributed by atoms with E-state index >= 15 is 0 Å². The zero-order chi connectivity index (χ0) is 21.2. The minimum Gasteiger partial charge on any atom is -0.354 e. The number of guanidine groups is 1. The van der Waals surface area contributed by atoms with E-state index in [0.717, 1.165) is 42.5 Å². The van der Waals surface area contributed by atoms with E-state index in [2.05, 4.69) is 92.0 Å². The van der Waals surface area contributed by atoms with E-state index in [1.165, 1.54) is 11.9 Å². The van der Waals surface area contributed by atoms with Crippen molar-refractivity contribution in [2.45, 2.75) is 26.4 Å². The second kappa shape index (κ2) is 13.1. The Balaban J connectivity index is 0.00000341. The summed E-state index contributed by atoms with van der Waals surface area (Å²) in [6.45, 7) is 7.85. The molecule has 0 saturated heterocycles. The average molecular weight is 533 g/mol. The monoisotopic (exact) mass is 533 g/mol. The standard InChI is InChI=1S/C23H31N7.HI/c1-4-30(5-2)21(19-11-7-6-8-12-19)16-26-23(24-3)25-15-18-10-9-13-20(14-18)22-27-17-28-29-22;/h6-14,17,21H,4-5,15-16H2,1-3H3,(H2,24,25,26)(H,27,28,29);1H. The number of rotatable bonds is 9. The highest BCUT2D eigenvalue weighted by Crippen LogP contribution is 2.19. The summed E-state index contributed by atoms with van der Waals surface area (Å²) in [6.07, 6.45) is 1.52. The Morgan fingerprint density at radius 1 is 1.06 bits per heavy atom. The Morgan fingerprint density at radius 3 is 2.48 bits per heavy atom. The van der Waals surface area contributed by atoms with Crippen LogP contribution < -0.4 is 10.6 Å². The molecule has 3 aromatic rings. The fourth-order valence-electron chi connectivity index (χ4n) is 3.57. The van der Waals surface area contributed by atoms with E-state index in [9.17, 15) is 0 Å². The number of H-pyrrole nitrogens is 1. The number of aromatic amines is 1. The summed E-state index contributed by atoms with van der Waals surface area (Å²) in [6, 6.07) is 19.2. The van der Waals surface area contributed by atoms with E-state index in [1.807, 2.05) is 12.1 Å².